The molecule has 0 radical (unpaired) electrons. The summed E-state index contributed by atoms with van der Waals surface area (Å²) in [5.41, 5.74) is 5.70. The van der Waals surface area contributed by atoms with Gasteiger partial charge in [-0.15, -0.1) is 0 Å². The second-order valence-electron chi connectivity index (χ2n) is 5.62. The van der Waals surface area contributed by atoms with E-state index in [9.17, 15) is 4.79 Å². The van der Waals surface area contributed by atoms with Gasteiger partial charge in [0.25, 0.3) is 0 Å². The fraction of sp³-hybridized carbons (Fsp3) is 0.923. The number of hydrogen-bond acceptors (Lipinski definition) is 3. The van der Waals surface area contributed by atoms with E-state index in [2.05, 4.69) is 13.8 Å². The van der Waals surface area contributed by atoms with E-state index in [0.717, 1.165) is 12.8 Å². The molecule has 0 heterocycles. The van der Waals surface area contributed by atoms with E-state index >= 15 is 0 Å². The summed E-state index contributed by atoms with van der Waals surface area (Å²) < 4.78 is 5.54. The van der Waals surface area contributed by atoms with E-state index in [1.165, 1.54) is 6.42 Å². The van der Waals surface area contributed by atoms with Crippen molar-refractivity contribution in [2.24, 2.45) is 23.5 Å². The quantitative estimate of drug-likeness (QED) is 0.753. The molecule has 3 heteroatoms. The first-order chi connectivity index (χ1) is 7.40. The molecule has 4 atom stereocenters. The molecule has 16 heavy (non-hydrogen) atoms. The number of ether oxygens (including phenoxy) is 1. The van der Waals surface area contributed by atoms with Gasteiger partial charge < -0.3 is 10.5 Å². The van der Waals surface area contributed by atoms with E-state index in [1.54, 1.807) is 0 Å². The van der Waals surface area contributed by atoms with Gasteiger partial charge in [0, 0.05) is 6.04 Å². The zero-order valence-electron chi connectivity index (χ0n) is 10.9. The van der Waals surface area contributed by atoms with Gasteiger partial charge in [-0.2, -0.15) is 0 Å². The highest BCUT2D eigenvalue weighted by molar-refractivity contribution is 5.72. The van der Waals surface area contributed by atoms with Crippen molar-refractivity contribution in [2.45, 2.75) is 59.1 Å². The highest BCUT2D eigenvalue weighted by Crippen LogP contribution is 2.30. The van der Waals surface area contributed by atoms with Gasteiger partial charge in [0.1, 0.15) is 6.10 Å². The first-order valence-corrected chi connectivity index (χ1v) is 6.36. The van der Waals surface area contributed by atoms with Gasteiger partial charge in [-0.3, -0.25) is 4.79 Å². The molecule has 0 spiro atoms. The Labute approximate surface area is 98.7 Å². The molecular weight excluding hydrogens is 202 g/mol. The van der Waals surface area contributed by atoms with Crippen molar-refractivity contribution in [1.82, 2.24) is 0 Å². The van der Waals surface area contributed by atoms with Gasteiger partial charge in [0.05, 0.1) is 5.92 Å². The maximum absolute atomic E-state index is 11.8. The number of hydrogen-bond donors (Lipinski definition) is 1. The molecule has 0 aromatic heterocycles. The Bertz CT molecular complexity index is 230. The third-order valence-corrected chi connectivity index (χ3v) is 3.58. The lowest BCUT2D eigenvalue weighted by Gasteiger charge is -2.32. The van der Waals surface area contributed by atoms with Crippen LogP contribution in [0.25, 0.3) is 0 Å². The standard InChI is InChI=1S/C13H25NO2/c1-8-5-9(2)7-12(6-8)16-13(15)10(3)11(4)14/h8-12H,5-7,14H2,1-4H3. The zero-order chi connectivity index (χ0) is 12.3. The van der Waals surface area contributed by atoms with Crippen LogP contribution in [0, 0.1) is 17.8 Å². The van der Waals surface area contributed by atoms with E-state index in [0.29, 0.717) is 11.8 Å². The topological polar surface area (TPSA) is 52.3 Å². The Hall–Kier alpha value is -0.570. The van der Waals surface area contributed by atoms with Crippen molar-refractivity contribution < 1.29 is 9.53 Å². The van der Waals surface area contributed by atoms with Crippen molar-refractivity contribution in [3.8, 4) is 0 Å². The van der Waals surface area contributed by atoms with E-state index in [1.807, 2.05) is 13.8 Å². The van der Waals surface area contributed by atoms with Crippen LogP contribution in [0.5, 0.6) is 0 Å². The van der Waals surface area contributed by atoms with Crippen LogP contribution in [0.15, 0.2) is 0 Å². The minimum atomic E-state index is -0.201. The van der Waals surface area contributed by atoms with Gasteiger partial charge in [0.15, 0.2) is 0 Å². The predicted molar refractivity (Wildman–Crippen MR) is 64.9 cm³/mol. The summed E-state index contributed by atoms with van der Waals surface area (Å²) in [6, 6.07) is -0.133. The second kappa shape index (κ2) is 5.67. The summed E-state index contributed by atoms with van der Waals surface area (Å²) in [4.78, 5) is 11.8. The van der Waals surface area contributed by atoms with Gasteiger partial charge >= 0.3 is 5.97 Å². The van der Waals surface area contributed by atoms with Gasteiger partial charge in [-0.1, -0.05) is 20.8 Å². The Kier molecular flexibility index (Phi) is 4.78. The molecule has 1 fully saturated rings. The number of nitrogens with two attached hydrogens (primary N) is 1. The lowest BCUT2D eigenvalue weighted by molar-refractivity contribution is -0.157. The predicted octanol–water partition coefficient (Wildman–Crippen LogP) is 2.34. The molecule has 0 aromatic carbocycles. The van der Waals surface area contributed by atoms with Crippen LogP contribution in [0.3, 0.4) is 0 Å². The van der Waals surface area contributed by atoms with Gasteiger partial charge in [0.2, 0.25) is 0 Å². The molecule has 1 aliphatic carbocycles. The maximum atomic E-state index is 11.8. The molecule has 1 saturated carbocycles. The van der Waals surface area contributed by atoms with Crippen molar-refractivity contribution in [2.75, 3.05) is 0 Å². The number of esters is 1. The molecular formula is C13H25NO2. The SMILES string of the molecule is CC1CC(C)CC(OC(=O)C(C)C(C)N)C1. The number of carbonyl (C=O) groups is 1. The fourth-order valence-corrected chi connectivity index (χ4v) is 2.46. The Morgan fingerprint density at radius 3 is 2.12 bits per heavy atom. The molecule has 1 aliphatic rings. The zero-order valence-corrected chi connectivity index (χ0v) is 10.9. The van der Waals surface area contributed by atoms with Crippen molar-refractivity contribution >= 4 is 5.97 Å². The van der Waals surface area contributed by atoms with E-state index in [-0.39, 0.29) is 24.0 Å². The first kappa shape index (κ1) is 13.5. The van der Waals surface area contributed by atoms with Gasteiger partial charge in [-0.05, 0) is 38.0 Å². The summed E-state index contributed by atoms with van der Waals surface area (Å²) in [6.07, 6.45) is 3.35. The van der Waals surface area contributed by atoms with Crippen molar-refractivity contribution in [3.05, 3.63) is 0 Å². The molecule has 0 amide bonds. The van der Waals surface area contributed by atoms with E-state index < -0.39 is 0 Å². The Morgan fingerprint density at radius 1 is 1.19 bits per heavy atom. The number of carbonyl (C=O) groups excluding carboxylic acids is 1. The smallest absolute Gasteiger partial charge is 0.310 e. The van der Waals surface area contributed by atoms with Crippen LogP contribution in [-0.4, -0.2) is 18.1 Å². The van der Waals surface area contributed by atoms with Crippen molar-refractivity contribution in [1.29, 1.82) is 0 Å². The third kappa shape index (κ3) is 3.78. The third-order valence-electron chi connectivity index (χ3n) is 3.58. The first-order valence-electron chi connectivity index (χ1n) is 6.36. The van der Waals surface area contributed by atoms with Crippen LogP contribution >= 0.6 is 0 Å². The summed E-state index contributed by atoms with van der Waals surface area (Å²) in [5.74, 6) is 0.980. The molecule has 0 saturated heterocycles. The lowest BCUT2D eigenvalue weighted by Crippen LogP contribution is -2.36. The second-order valence-corrected chi connectivity index (χ2v) is 5.62. The Balaban J connectivity index is 2.44. The monoisotopic (exact) mass is 227 g/mol. The molecule has 2 N–H and O–H groups in total. The molecule has 0 aliphatic heterocycles. The molecule has 94 valence electrons. The van der Waals surface area contributed by atoms with Crippen molar-refractivity contribution in [3.63, 3.8) is 0 Å². The maximum Gasteiger partial charge on any atom is 0.310 e. The molecule has 3 nitrogen and oxygen atoms in total. The normalized spacial score (nSPS) is 34.2. The van der Waals surface area contributed by atoms with Gasteiger partial charge in [-0.25, -0.2) is 0 Å². The minimum absolute atomic E-state index is 0.104. The summed E-state index contributed by atoms with van der Waals surface area (Å²) in [5, 5.41) is 0. The molecule has 0 aromatic rings. The lowest BCUT2D eigenvalue weighted by atomic mass is 9.82. The summed E-state index contributed by atoms with van der Waals surface area (Å²) in [7, 11) is 0. The van der Waals surface area contributed by atoms with E-state index in [4.69, 9.17) is 10.5 Å². The van der Waals surface area contributed by atoms with Crippen LogP contribution in [0.2, 0.25) is 0 Å². The van der Waals surface area contributed by atoms with Crippen LogP contribution in [0.4, 0.5) is 0 Å². The molecule has 0 bridgehead atoms. The minimum Gasteiger partial charge on any atom is -0.462 e. The molecule has 4 unspecified atom stereocenters. The average molecular weight is 227 g/mol. The fourth-order valence-electron chi connectivity index (χ4n) is 2.46. The van der Waals surface area contributed by atoms with Crippen LogP contribution in [-0.2, 0) is 9.53 Å². The average Bonchev–Trinajstić information content (AvgIpc) is 2.14. The van der Waals surface area contributed by atoms with Crippen LogP contribution in [0.1, 0.15) is 47.0 Å². The largest absolute Gasteiger partial charge is 0.462 e. The van der Waals surface area contributed by atoms with Crippen LogP contribution < -0.4 is 5.73 Å². The highest BCUT2D eigenvalue weighted by atomic mass is 16.5. The Morgan fingerprint density at radius 2 is 1.69 bits per heavy atom. The number of rotatable bonds is 3. The highest BCUT2D eigenvalue weighted by Gasteiger charge is 2.28. The summed E-state index contributed by atoms with van der Waals surface area (Å²) >= 11 is 0. The summed E-state index contributed by atoms with van der Waals surface area (Å²) in [6.45, 7) is 8.14. The molecule has 1 rings (SSSR count).